The fraction of sp³-hybridized carbons (Fsp3) is 0.737. The summed E-state index contributed by atoms with van der Waals surface area (Å²) in [5.41, 5.74) is 0.837. The summed E-state index contributed by atoms with van der Waals surface area (Å²) in [6, 6.07) is 2.06. The molecule has 0 aliphatic heterocycles. The maximum Gasteiger partial charge on any atom is 0.317 e. The number of hydrogen-bond acceptors (Lipinski definition) is 5. The van der Waals surface area contributed by atoms with Crippen LogP contribution >= 0.6 is 0 Å². The van der Waals surface area contributed by atoms with E-state index in [-0.39, 0.29) is 30.3 Å². The zero-order valence-electron chi connectivity index (χ0n) is 15.6. The summed E-state index contributed by atoms with van der Waals surface area (Å²) < 4.78 is 5.22. The molecular formula is C19H29N3O4. The number of carbonyl (C=O) groups excluding carboxylic acids is 1. The molecule has 0 saturated heterocycles. The van der Waals surface area contributed by atoms with Crippen LogP contribution in [0.3, 0.4) is 0 Å². The highest BCUT2D eigenvalue weighted by atomic mass is 16.5. The van der Waals surface area contributed by atoms with Gasteiger partial charge >= 0.3 is 5.97 Å². The first-order valence-electron chi connectivity index (χ1n) is 9.73. The van der Waals surface area contributed by atoms with Crippen molar-refractivity contribution in [1.29, 1.82) is 0 Å². The molecule has 144 valence electrons. The molecule has 3 rings (SSSR count). The van der Waals surface area contributed by atoms with Gasteiger partial charge in [0.1, 0.15) is 0 Å². The molecule has 2 aliphatic rings. The largest absolute Gasteiger partial charge is 0.480 e. The summed E-state index contributed by atoms with van der Waals surface area (Å²) in [4.78, 5) is 25.5. The lowest BCUT2D eigenvalue weighted by Crippen LogP contribution is -2.55. The topological polar surface area (TPSA) is 95.7 Å². The third kappa shape index (κ3) is 4.63. The number of rotatable bonds is 10. The summed E-state index contributed by atoms with van der Waals surface area (Å²) in [5, 5.41) is 16.1. The highest BCUT2D eigenvalue weighted by Gasteiger charge is 2.38. The third-order valence-corrected chi connectivity index (χ3v) is 5.65. The van der Waals surface area contributed by atoms with Gasteiger partial charge in [-0.3, -0.25) is 14.5 Å². The van der Waals surface area contributed by atoms with Crippen LogP contribution in [0.1, 0.15) is 74.5 Å². The molecule has 2 saturated carbocycles. The van der Waals surface area contributed by atoms with Crippen LogP contribution in [0.4, 0.5) is 0 Å². The van der Waals surface area contributed by atoms with Crippen molar-refractivity contribution in [3.05, 3.63) is 17.5 Å². The molecule has 2 N–H and O–H groups in total. The van der Waals surface area contributed by atoms with E-state index in [4.69, 9.17) is 9.63 Å². The lowest BCUT2D eigenvalue weighted by atomic mass is 9.85. The smallest absolute Gasteiger partial charge is 0.317 e. The number of hydrogen-bond donors (Lipinski definition) is 2. The van der Waals surface area contributed by atoms with Gasteiger partial charge in [-0.2, -0.15) is 0 Å². The highest BCUT2D eigenvalue weighted by molar-refractivity contribution is 5.91. The van der Waals surface area contributed by atoms with Crippen LogP contribution in [0, 0.1) is 5.92 Å². The van der Waals surface area contributed by atoms with Crippen molar-refractivity contribution >= 4 is 11.9 Å². The maximum absolute atomic E-state index is 12.3. The van der Waals surface area contributed by atoms with E-state index < -0.39 is 5.97 Å². The zero-order valence-corrected chi connectivity index (χ0v) is 15.6. The molecule has 1 aromatic heterocycles. The molecular weight excluding hydrogens is 334 g/mol. The number of nitrogens with zero attached hydrogens (tertiary/aromatic N) is 2. The van der Waals surface area contributed by atoms with E-state index in [9.17, 15) is 9.59 Å². The van der Waals surface area contributed by atoms with Gasteiger partial charge in [0.2, 0.25) is 5.76 Å². The molecule has 0 unspecified atom stereocenters. The van der Waals surface area contributed by atoms with Crippen LogP contribution in [0.2, 0.25) is 0 Å². The van der Waals surface area contributed by atoms with Gasteiger partial charge in [0.05, 0.1) is 12.2 Å². The number of nitrogens with one attached hydrogen (secondary N) is 1. The summed E-state index contributed by atoms with van der Waals surface area (Å²) in [6.45, 7) is 5.14. The fourth-order valence-corrected chi connectivity index (χ4v) is 3.70. The number of aliphatic carboxylic acids is 1. The Kier molecular flexibility index (Phi) is 5.96. The average molecular weight is 363 g/mol. The molecule has 0 aromatic carbocycles. The molecule has 2 aliphatic carbocycles. The molecule has 0 bridgehead atoms. The van der Waals surface area contributed by atoms with Crippen molar-refractivity contribution < 1.29 is 19.2 Å². The van der Waals surface area contributed by atoms with E-state index in [0.29, 0.717) is 11.8 Å². The standard InChI is InChI=1S/C19H29N3O4/c1-3-13(4-2)16-9-17(26-21-16)19(25)20-14-7-15(8-14)22(11-18(23)24)10-12-5-6-12/h9,12-15H,3-8,10-11H2,1-2H3,(H,20,25)(H,23,24). The van der Waals surface area contributed by atoms with Gasteiger partial charge in [0, 0.05) is 30.6 Å². The Morgan fingerprint density at radius 3 is 2.62 bits per heavy atom. The van der Waals surface area contributed by atoms with E-state index in [1.807, 2.05) is 0 Å². The minimum Gasteiger partial charge on any atom is -0.480 e. The minimum atomic E-state index is -0.784. The highest BCUT2D eigenvalue weighted by Crippen LogP contribution is 2.34. The summed E-state index contributed by atoms with van der Waals surface area (Å²) in [5.74, 6) is 0.218. The Morgan fingerprint density at radius 2 is 2.04 bits per heavy atom. The van der Waals surface area contributed by atoms with Crippen molar-refractivity contribution in [3.63, 3.8) is 0 Å². The van der Waals surface area contributed by atoms with Crippen LogP contribution < -0.4 is 5.32 Å². The molecule has 1 amide bonds. The first-order chi connectivity index (χ1) is 12.5. The van der Waals surface area contributed by atoms with Crippen LogP contribution in [-0.4, -0.2) is 52.2 Å². The van der Waals surface area contributed by atoms with Gasteiger partial charge in [-0.1, -0.05) is 19.0 Å². The van der Waals surface area contributed by atoms with Crippen LogP contribution in [0.15, 0.2) is 10.6 Å². The Balaban J connectivity index is 1.48. The van der Waals surface area contributed by atoms with Gasteiger partial charge in [0.15, 0.2) is 0 Å². The summed E-state index contributed by atoms with van der Waals surface area (Å²) in [6.07, 6.45) is 5.92. The van der Waals surface area contributed by atoms with Crippen molar-refractivity contribution in [2.24, 2.45) is 5.92 Å². The Morgan fingerprint density at radius 1 is 1.35 bits per heavy atom. The predicted octanol–water partition coefficient (Wildman–Crippen LogP) is 2.64. The van der Waals surface area contributed by atoms with Gasteiger partial charge < -0.3 is 14.9 Å². The fourth-order valence-electron chi connectivity index (χ4n) is 3.70. The van der Waals surface area contributed by atoms with Crippen molar-refractivity contribution in [1.82, 2.24) is 15.4 Å². The van der Waals surface area contributed by atoms with Gasteiger partial charge in [0.25, 0.3) is 5.91 Å². The summed E-state index contributed by atoms with van der Waals surface area (Å²) >= 11 is 0. The monoisotopic (exact) mass is 363 g/mol. The molecule has 7 heteroatoms. The molecule has 26 heavy (non-hydrogen) atoms. The quantitative estimate of drug-likeness (QED) is 0.663. The van der Waals surface area contributed by atoms with Crippen molar-refractivity contribution in [2.45, 2.75) is 70.4 Å². The number of carboxylic acid groups (broad SMARTS) is 1. The van der Waals surface area contributed by atoms with E-state index in [1.165, 1.54) is 12.8 Å². The normalized spacial score (nSPS) is 22.5. The van der Waals surface area contributed by atoms with Crippen LogP contribution in [0.5, 0.6) is 0 Å². The number of amides is 1. The van der Waals surface area contributed by atoms with E-state index in [2.05, 4.69) is 29.2 Å². The Labute approximate surface area is 154 Å². The second kappa shape index (κ2) is 8.20. The van der Waals surface area contributed by atoms with Gasteiger partial charge in [-0.05, 0) is 44.4 Å². The first-order valence-corrected chi connectivity index (χ1v) is 9.73. The van der Waals surface area contributed by atoms with E-state index in [1.54, 1.807) is 6.07 Å². The zero-order chi connectivity index (χ0) is 18.7. The van der Waals surface area contributed by atoms with E-state index in [0.717, 1.165) is 37.9 Å². The van der Waals surface area contributed by atoms with Gasteiger partial charge in [-0.15, -0.1) is 0 Å². The lowest BCUT2D eigenvalue weighted by molar-refractivity contribution is -0.139. The van der Waals surface area contributed by atoms with E-state index >= 15 is 0 Å². The molecule has 0 spiro atoms. The molecule has 7 nitrogen and oxygen atoms in total. The molecule has 1 heterocycles. The second-order valence-electron chi connectivity index (χ2n) is 7.69. The number of carboxylic acids is 1. The molecule has 0 radical (unpaired) electrons. The number of carbonyl (C=O) groups is 2. The predicted molar refractivity (Wildman–Crippen MR) is 96.0 cm³/mol. The van der Waals surface area contributed by atoms with Crippen LogP contribution in [-0.2, 0) is 4.79 Å². The van der Waals surface area contributed by atoms with Crippen molar-refractivity contribution in [2.75, 3.05) is 13.1 Å². The summed E-state index contributed by atoms with van der Waals surface area (Å²) in [7, 11) is 0. The van der Waals surface area contributed by atoms with Crippen molar-refractivity contribution in [3.8, 4) is 0 Å². The minimum absolute atomic E-state index is 0.0738. The Bertz CT molecular complexity index is 630. The molecule has 1 aromatic rings. The third-order valence-electron chi connectivity index (χ3n) is 5.65. The lowest BCUT2D eigenvalue weighted by Gasteiger charge is -2.42. The first kappa shape index (κ1) is 18.9. The maximum atomic E-state index is 12.3. The van der Waals surface area contributed by atoms with Gasteiger partial charge in [-0.25, -0.2) is 0 Å². The van der Waals surface area contributed by atoms with Crippen LogP contribution in [0.25, 0.3) is 0 Å². The number of aromatic nitrogens is 1. The Hall–Kier alpha value is -1.89. The molecule has 2 fully saturated rings. The SMILES string of the molecule is CCC(CC)c1cc(C(=O)NC2CC(N(CC(=O)O)CC3CC3)C2)on1. The average Bonchev–Trinajstić information content (AvgIpc) is 3.24. The second-order valence-corrected chi connectivity index (χ2v) is 7.69. The molecule has 0 atom stereocenters.